The van der Waals surface area contributed by atoms with Crippen LogP contribution in [0.3, 0.4) is 0 Å². The van der Waals surface area contributed by atoms with Crippen LogP contribution in [0, 0.1) is 22.7 Å². The first-order chi connectivity index (χ1) is 12.8. The van der Waals surface area contributed by atoms with Crippen molar-refractivity contribution >= 4 is 17.5 Å². The van der Waals surface area contributed by atoms with Gasteiger partial charge in [-0.1, -0.05) is 41.0 Å². The van der Waals surface area contributed by atoms with E-state index in [1.165, 1.54) is 6.92 Å². The predicted molar refractivity (Wildman–Crippen MR) is 102 cm³/mol. The van der Waals surface area contributed by atoms with Gasteiger partial charge in [-0.2, -0.15) is 0 Å². The zero-order chi connectivity index (χ0) is 21.2. The molecule has 28 heavy (non-hydrogen) atoms. The molecule has 0 bridgehead atoms. The number of esters is 1. The molecule has 0 aromatic rings. The molecule has 1 saturated carbocycles. The second-order valence-electron chi connectivity index (χ2n) is 9.62. The molecule has 154 valence electrons. The fourth-order valence-corrected chi connectivity index (χ4v) is 5.97. The first-order valence-electron chi connectivity index (χ1n) is 9.97. The van der Waals surface area contributed by atoms with E-state index in [1.807, 2.05) is 20.8 Å². The summed E-state index contributed by atoms with van der Waals surface area (Å²) in [6, 6.07) is 0. The van der Waals surface area contributed by atoms with Gasteiger partial charge in [0.1, 0.15) is 5.76 Å². The molecule has 0 radical (unpaired) electrons. The third kappa shape index (κ3) is 2.76. The number of carbonyl (C=O) groups is 3. The summed E-state index contributed by atoms with van der Waals surface area (Å²) < 4.78 is 5.44. The van der Waals surface area contributed by atoms with Gasteiger partial charge in [-0.15, -0.1) is 0 Å². The minimum atomic E-state index is -1.17. The van der Waals surface area contributed by atoms with Gasteiger partial charge < -0.3 is 14.9 Å². The van der Waals surface area contributed by atoms with Gasteiger partial charge in [0.2, 0.25) is 11.6 Å². The zero-order valence-electron chi connectivity index (χ0n) is 17.5. The molecule has 1 fully saturated rings. The Balaban J connectivity index is 2.36. The van der Waals surface area contributed by atoms with Crippen LogP contribution in [-0.2, 0) is 19.1 Å². The Kier molecular flexibility index (Phi) is 4.86. The van der Waals surface area contributed by atoms with Gasteiger partial charge in [0, 0.05) is 35.0 Å². The molecule has 3 aliphatic carbocycles. The highest BCUT2D eigenvalue weighted by atomic mass is 16.6. The first-order valence-corrected chi connectivity index (χ1v) is 9.97. The number of aliphatic hydroxyl groups is 2. The molecular formula is C22H30O6. The van der Waals surface area contributed by atoms with Crippen molar-refractivity contribution in [1.29, 1.82) is 0 Å². The predicted octanol–water partition coefficient (Wildman–Crippen LogP) is 3.04. The van der Waals surface area contributed by atoms with Crippen molar-refractivity contribution in [3.05, 3.63) is 22.5 Å². The van der Waals surface area contributed by atoms with Crippen molar-refractivity contribution in [2.45, 2.75) is 73.0 Å². The summed E-state index contributed by atoms with van der Waals surface area (Å²) in [5.41, 5.74) is -0.757. The second kappa shape index (κ2) is 6.55. The van der Waals surface area contributed by atoms with Crippen LogP contribution in [0.4, 0.5) is 0 Å². The van der Waals surface area contributed by atoms with Gasteiger partial charge in [0.05, 0.1) is 6.10 Å². The molecule has 0 aromatic heterocycles. The fraction of sp³-hybridized carbons (Fsp3) is 0.682. The van der Waals surface area contributed by atoms with Gasteiger partial charge in [0.25, 0.3) is 0 Å². The van der Waals surface area contributed by atoms with Crippen molar-refractivity contribution in [3.8, 4) is 0 Å². The van der Waals surface area contributed by atoms with E-state index in [2.05, 4.69) is 0 Å². The Labute approximate surface area is 165 Å². The van der Waals surface area contributed by atoms with Gasteiger partial charge in [-0.25, -0.2) is 0 Å². The molecule has 0 amide bonds. The fourth-order valence-electron chi connectivity index (χ4n) is 5.97. The second-order valence-corrected chi connectivity index (χ2v) is 9.62. The van der Waals surface area contributed by atoms with E-state index < -0.39 is 35.2 Å². The molecule has 0 heterocycles. The molecule has 0 aromatic carbocycles. The van der Waals surface area contributed by atoms with E-state index in [0.717, 1.165) is 12.8 Å². The number of Topliss-reactive ketones (excluding diaryl/α,β-unsaturated/α-hetero) is 2. The van der Waals surface area contributed by atoms with Crippen LogP contribution >= 0.6 is 0 Å². The number of ketones is 2. The first kappa shape index (κ1) is 20.8. The third-order valence-corrected chi connectivity index (χ3v) is 6.88. The smallest absolute Gasteiger partial charge is 0.303 e. The molecule has 6 nitrogen and oxygen atoms in total. The lowest BCUT2D eigenvalue weighted by atomic mass is 9.47. The van der Waals surface area contributed by atoms with Crippen molar-refractivity contribution < 1.29 is 29.3 Å². The minimum absolute atomic E-state index is 0.0187. The van der Waals surface area contributed by atoms with Crippen LogP contribution in [0.2, 0.25) is 0 Å². The highest BCUT2D eigenvalue weighted by molar-refractivity contribution is 6.50. The van der Waals surface area contributed by atoms with Crippen LogP contribution in [0.25, 0.3) is 0 Å². The number of aliphatic hydroxyl groups excluding tert-OH is 2. The average molecular weight is 390 g/mol. The molecule has 0 unspecified atom stereocenters. The molecule has 6 heteroatoms. The SMILES string of the molecule is CC(=O)O[C@@H]1C2=C(C(=O)C(=O)C(C(C)C)=C2O)[C@@]2(C)CCCC(C)(C)[C@@H]2[C@H]1O. The molecule has 0 saturated heterocycles. The lowest BCUT2D eigenvalue weighted by Crippen LogP contribution is -2.60. The standard InChI is InChI=1S/C22H30O6/c1-10(2)12-15(24)13-14(17(26)16(12)25)22(6)9-7-8-21(4,5)20(22)18(27)19(13)28-11(3)23/h10,18-20,24,27H,7-9H2,1-6H3/t18-,19+,20-,22+/m0/s1. The molecular weight excluding hydrogens is 360 g/mol. The third-order valence-electron chi connectivity index (χ3n) is 6.88. The van der Waals surface area contributed by atoms with Crippen LogP contribution in [0.5, 0.6) is 0 Å². The minimum Gasteiger partial charge on any atom is -0.507 e. The van der Waals surface area contributed by atoms with Crippen molar-refractivity contribution in [3.63, 3.8) is 0 Å². The zero-order valence-corrected chi connectivity index (χ0v) is 17.5. The van der Waals surface area contributed by atoms with Crippen LogP contribution in [-0.4, -0.2) is 40.0 Å². The Morgan fingerprint density at radius 1 is 1.14 bits per heavy atom. The topological polar surface area (TPSA) is 101 Å². The highest BCUT2D eigenvalue weighted by Crippen LogP contribution is 2.61. The lowest BCUT2D eigenvalue weighted by molar-refractivity contribution is -0.166. The van der Waals surface area contributed by atoms with Gasteiger partial charge >= 0.3 is 5.97 Å². The van der Waals surface area contributed by atoms with Crippen LogP contribution < -0.4 is 0 Å². The summed E-state index contributed by atoms with van der Waals surface area (Å²) >= 11 is 0. The van der Waals surface area contributed by atoms with E-state index in [0.29, 0.717) is 6.42 Å². The maximum atomic E-state index is 13.3. The number of allylic oxidation sites excluding steroid dienone is 2. The van der Waals surface area contributed by atoms with E-state index >= 15 is 0 Å². The van der Waals surface area contributed by atoms with E-state index in [1.54, 1.807) is 13.8 Å². The van der Waals surface area contributed by atoms with Gasteiger partial charge in [0.15, 0.2) is 6.10 Å². The number of hydrogen-bond acceptors (Lipinski definition) is 6. The van der Waals surface area contributed by atoms with Gasteiger partial charge in [-0.05, 0) is 24.2 Å². The van der Waals surface area contributed by atoms with Crippen molar-refractivity contribution in [1.82, 2.24) is 0 Å². The van der Waals surface area contributed by atoms with Crippen molar-refractivity contribution in [2.75, 3.05) is 0 Å². The number of fused-ring (bicyclic) bond motifs is 2. The Morgan fingerprint density at radius 3 is 2.29 bits per heavy atom. The number of carbonyl (C=O) groups excluding carboxylic acids is 3. The quantitative estimate of drug-likeness (QED) is 0.427. The average Bonchev–Trinajstić information content (AvgIpc) is 2.53. The highest BCUT2D eigenvalue weighted by Gasteiger charge is 2.62. The maximum absolute atomic E-state index is 13.3. The summed E-state index contributed by atoms with van der Waals surface area (Å²) in [7, 11) is 0. The summed E-state index contributed by atoms with van der Waals surface area (Å²) in [5, 5.41) is 22.3. The van der Waals surface area contributed by atoms with Gasteiger partial charge in [-0.3, -0.25) is 14.4 Å². The number of rotatable bonds is 2. The Hall–Kier alpha value is -1.95. The molecule has 0 aliphatic heterocycles. The van der Waals surface area contributed by atoms with E-state index in [-0.39, 0.29) is 39.7 Å². The van der Waals surface area contributed by atoms with Crippen LogP contribution in [0.15, 0.2) is 22.5 Å². The lowest BCUT2D eigenvalue weighted by Gasteiger charge is -2.58. The van der Waals surface area contributed by atoms with E-state index in [9.17, 15) is 24.6 Å². The Bertz CT molecular complexity index is 815. The summed E-state index contributed by atoms with van der Waals surface area (Å²) in [4.78, 5) is 37.9. The molecule has 3 rings (SSSR count). The summed E-state index contributed by atoms with van der Waals surface area (Å²) in [5.74, 6) is -3.05. The van der Waals surface area contributed by atoms with Crippen molar-refractivity contribution in [2.24, 2.45) is 22.7 Å². The Morgan fingerprint density at radius 2 is 1.75 bits per heavy atom. The normalized spacial score (nSPS) is 35.1. The molecule has 4 atom stereocenters. The largest absolute Gasteiger partial charge is 0.507 e. The summed E-state index contributed by atoms with van der Waals surface area (Å²) in [6.07, 6.45) is 0.0481. The van der Waals surface area contributed by atoms with Crippen LogP contribution in [0.1, 0.15) is 60.8 Å². The molecule has 3 aliphatic rings. The maximum Gasteiger partial charge on any atom is 0.303 e. The monoisotopic (exact) mass is 390 g/mol. The summed E-state index contributed by atoms with van der Waals surface area (Å²) in [6.45, 7) is 10.6. The molecule has 0 spiro atoms. The van der Waals surface area contributed by atoms with E-state index in [4.69, 9.17) is 4.74 Å². The number of hydrogen-bond donors (Lipinski definition) is 2. The number of ether oxygens (including phenoxy) is 1. The molecule has 2 N–H and O–H groups in total.